The molecule has 0 atom stereocenters. The molecule has 0 saturated carbocycles. The highest BCUT2D eigenvalue weighted by atomic mass is 32.1. The fourth-order valence-electron chi connectivity index (χ4n) is 9.02. The van der Waals surface area contributed by atoms with Gasteiger partial charge in [-0.3, -0.25) is 0 Å². The zero-order valence-electron chi connectivity index (χ0n) is 26.6. The lowest BCUT2D eigenvalue weighted by molar-refractivity contribution is 0.794. The molecule has 0 radical (unpaired) electrons. The van der Waals surface area contributed by atoms with Gasteiger partial charge in [-0.25, -0.2) is 0 Å². The lowest BCUT2D eigenvalue weighted by Crippen LogP contribution is -2.26. The first-order chi connectivity index (χ1) is 24.3. The van der Waals surface area contributed by atoms with Crippen LogP contribution in [0.1, 0.15) is 22.3 Å². The fraction of sp³-hybridized carbons (Fsp3) is 0.0213. The minimum atomic E-state index is -0.395. The van der Waals surface area contributed by atoms with Gasteiger partial charge >= 0.3 is 0 Å². The number of para-hydroxylation sites is 1. The molecule has 0 bridgehead atoms. The molecule has 0 amide bonds. The van der Waals surface area contributed by atoms with Crippen LogP contribution in [0.3, 0.4) is 0 Å². The summed E-state index contributed by atoms with van der Waals surface area (Å²) in [7, 11) is 0. The third kappa shape index (κ3) is 3.49. The van der Waals surface area contributed by atoms with Crippen LogP contribution in [-0.2, 0) is 5.41 Å². The monoisotopic (exact) mass is 639 g/mol. The highest BCUT2D eigenvalue weighted by Gasteiger charge is 2.52. The van der Waals surface area contributed by atoms with Gasteiger partial charge in [0.2, 0.25) is 0 Å². The van der Waals surface area contributed by atoms with E-state index in [1.165, 1.54) is 86.8 Å². The van der Waals surface area contributed by atoms with E-state index in [9.17, 15) is 0 Å². The van der Waals surface area contributed by atoms with Crippen LogP contribution in [0.2, 0.25) is 0 Å². The Kier molecular flexibility index (Phi) is 5.53. The minimum Gasteiger partial charge on any atom is -0.308 e. The molecule has 49 heavy (non-hydrogen) atoms. The molecule has 0 aliphatic heterocycles. The molecule has 2 aliphatic carbocycles. The van der Waals surface area contributed by atoms with E-state index >= 15 is 0 Å². The summed E-state index contributed by atoms with van der Waals surface area (Å²) in [5.74, 6) is 0. The lowest BCUT2D eigenvalue weighted by atomic mass is 9.70. The highest BCUT2D eigenvalue weighted by molar-refractivity contribution is 7.26. The van der Waals surface area contributed by atoms with Crippen molar-refractivity contribution in [3.8, 4) is 22.3 Å². The Morgan fingerprint density at radius 3 is 1.76 bits per heavy atom. The van der Waals surface area contributed by atoms with Crippen molar-refractivity contribution in [2.45, 2.75) is 5.41 Å². The number of hydrogen-bond donors (Lipinski definition) is 0. The van der Waals surface area contributed by atoms with Gasteiger partial charge in [-0.1, -0.05) is 146 Å². The van der Waals surface area contributed by atoms with Gasteiger partial charge < -0.3 is 4.90 Å². The summed E-state index contributed by atoms with van der Waals surface area (Å²) < 4.78 is 2.61. The summed E-state index contributed by atoms with van der Waals surface area (Å²) in [5, 5.41) is 5.19. The zero-order valence-corrected chi connectivity index (χ0v) is 27.4. The van der Waals surface area contributed by atoms with E-state index in [1.807, 2.05) is 11.3 Å². The summed E-state index contributed by atoms with van der Waals surface area (Å²) in [6.07, 6.45) is 0. The second-order valence-corrected chi connectivity index (χ2v) is 14.2. The van der Waals surface area contributed by atoms with Crippen LogP contribution in [0.15, 0.2) is 176 Å². The van der Waals surface area contributed by atoms with Gasteiger partial charge in [0, 0.05) is 26.7 Å². The number of benzene rings is 8. The van der Waals surface area contributed by atoms with Gasteiger partial charge in [0.15, 0.2) is 0 Å². The summed E-state index contributed by atoms with van der Waals surface area (Å²) in [4.78, 5) is 2.53. The predicted molar refractivity (Wildman–Crippen MR) is 208 cm³/mol. The van der Waals surface area contributed by atoms with Crippen molar-refractivity contribution in [3.05, 3.63) is 198 Å². The van der Waals surface area contributed by atoms with Crippen molar-refractivity contribution < 1.29 is 0 Å². The maximum atomic E-state index is 2.53. The Balaban J connectivity index is 1.29. The number of nitrogens with zero attached hydrogens (tertiary/aromatic N) is 1. The Hall–Kier alpha value is -5.96. The Morgan fingerprint density at radius 1 is 0.429 bits per heavy atom. The topological polar surface area (TPSA) is 3.24 Å². The van der Waals surface area contributed by atoms with Gasteiger partial charge in [-0.05, 0) is 80.0 Å². The van der Waals surface area contributed by atoms with Gasteiger partial charge in [0.05, 0.1) is 21.5 Å². The molecule has 1 spiro atoms. The summed E-state index contributed by atoms with van der Waals surface area (Å²) >= 11 is 1.90. The van der Waals surface area contributed by atoms with E-state index in [2.05, 4.69) is 181 Å². The molecule has 0 saturated heterocycles. The standard InChI is InChI=1S/C47H29NS/c1-2-16-31(17-3-1)48(42-29-30-15-4-5-18-32(30)44-36-22-9-13-28-43(36)49-46(42)44)41-27-14-26-40-45(41)35-21-8-12-25-39(35)47(40)37-23-10-6-19-33(37)34-20-7-11-24-38(34)47/h1-29H. The molecule has 1 nitrogen and oxygen atoms in total. The van der Waals surface area contributed by atoms with Crippen LogP contribution in [0.25, 0.3) is 53.2 Å². The highest BCUT2D eigenvalue weighted by Crippen LogP contribution is 2.65. The van der Waals surface area contributed by atoms with Crippen molar-refractivity contribution in [2.75, 3.05) is 4.90 Å². The summed E-state index contributed by atoms with van der Waals surface area (Å²) in [6.45, 7) is 0. The van der Waals surface area contributed by atoms with Gasteiger partial charge in [-0.2, -0.15) is 0 Å². The van der Waals surface area contributed by atoms with Crippen molar-refractivity contribution in [2.24, 2.45) is 0 Å². The number of anilines is 3. The smallest absolute Gasteiger partial charge is 0.0726 e. The third-order valence-electron chi connectivity index (χ3n) is 10.8. The van der Waals surface area contributed by atoms with E-state index in [0.29, 0.717) is 0 Å². The molecule has 11 rings (SSSR count). The van der Waals surface area contributed by atoms with E-state index in [1.54, 1.807) is 0 Å². The minimum absolute atomic E-state index is 0.395. The lowest BCUT2D eigenvalue weighted by Gasteiger charge is -2.32. The Labute approximate surface area is 289 Å². The van der Waals surface area contributed by atoms with E-state index in [0.717, 1.165) is 5.69 Å². The fourth-order valence-corrected chi connectivity index (χ4v) is 10.2. The normalized spacial score (nSPS) is 13.5. The number of fused-ring (bicyclic) bond motifs is 15. The summed E-state index contributed by atoms with van der Waals surface area (Å²) in [5.41, 5.74) is 13.8. The van der Waals surface area contributed by atoms with Crippen molar-refractivity contribution in [1.29, 1.82) is 0 Å². The zero-order chi connectivity index (χ0) is 32.1. The van der Waals surface area contributed by atoms with E-state index in [4.69, 9.17) is 0 Å². The van der Waals surface area contributed by atoms with Crippen LogP contribution >= 0.6 is 11.3 Å². The maximum Gasteiger partial charge on any atom is 0.0726 e. The molecule has 0 unspecified atom stereocenters. The quantitative estimate of drug-likeness (QED) is 0.186. The van der Waals surface area contributed by atoms with Crippen molar-refractivity contribution >= 4 is 59.3 Å². The summed E-state index contributed by atoms with van der Waals surface area (Å²) in [6, 6.07) is 65.3. The van der Waals surface area contributed by atoms with Gasteiger partial charge in [-0.15, -0.1) is 11.3 Å². The van der Waals surface area contributed by atoms with E-state index < -0.39 is 5.41 Å². The molecule has 1 heterocycles. The molecular formula is C47H29NS. The number of hydrogen-bond acceptors (Lipinski definition) is 2. The number of thiophene rings is 1. The first-order valence-electron chi connectivity index (χ1n) is 16.9. The SMILES string of the molecule is c1ccc(N(c2cccc3c2-c2ccccc2C32c3ccccc3-c3ccccc32)c2cc3ccccc3c3c2sc2ccccc23)cc1. The van der Waals surface area contributed by atoms with Crippen LogP contribution in [0.5, 0.6) is 0 Å². The first kappa shape index (κ1) is 27.0. The molecule has 2 aliphatic rings. The number of rotatable bonds is 3. The molecule has 0 fully saturated rings. The molecule has 2 heteroatoms. The second kappa shape index (κ2) is 10.0. The van der Waals surface area contributed by atoms with Crippen molar-refractivity contribution in [3.63, 3.8) is 0 Å². The Morgan fingerprint density at radius 2 is 1.00 bits per heavy atom. The first-order valence-corrected chi connectivity index (χ1v) is 17.8. The van der Waals surface area contributed by atoms with Crippen LogP contribution < -0.4 is 4.90 Å². The molecule has 0 N–H and O–H groups in total. The largest absolute Gasteiger partial charge is 0.308 e. The molecule has 1 aromatic heterocycles. The van der Waals surface area contributed by atoms with Crippen LogP contribution in [0.4, 0.5) is 17.1 Å². The van der Waals surface area contributed by atoms with Gasteiger partial charge in [0.25, 0.3) is 0 Å². The second-order valence-electron chi connectivity index (χ2n) is 13.2. The van der Waals surface area contributed by atoms with Crippen LogP contribution in [-0.4, -0.2) is 0 Å². The molecule has 228 valence electrons. The molecule has 9 aromatic rings. The molecular weight excluding hydrogens is 611 g/mol. The van der Waals surface area contributed by atoms with Crippen molar-refractivity contribution in [1.82, 2.24) is 0 Å². The van der Waals surface area contributed by atoms with Crippen LogP contribution in [0, 0.1) is 0 Å². The Bertz CT molecular complexity index is 2740. The molecule has 8 aromatic carbocycles. The maximum absolute atomic E-state index is 2.53. The predicted octanol–water partition coefficient (Wildman–Crippen LogP) is 13.0. The van der Waals surface area contributed by atoms with E-state index in [-0.39, 0.29) is 0 Å². The van der Waals surface area contributed by atoms with Gasteiger partial charge in [0.1, 0.15) is 0 Å². The average Bonchev–Trinajstić information content (AvgIpc) is 3.81. The average molecular weight is 640 g/mol. The third-order valence-corrected chi connectivity index (χ3v) is 12.0.